The van der Waals surface area contributed by atoms with Crippen molar-refractivity contribution in [2.24, 2.45) is 0 Å². The van der Waals surface area contributed by atoms with E-state index >= 15 is 0 Å². The largest absolute Gasteiger partial charge is 0.354 e. The molecular weight excluding hydrogens is 433 g/mol. The van der Waals surface area contributed by atoms with Gasteiger partial charge in [-0.3, -0.25) is 9.36 Å². The number of hydrogen-bond donors (Lipinski definition) is 3. The van der Waals surface area contributed by atoms with Gasteiger partial charge in [0.15, 0.2) is 5.65 Å². The Balaban J connectivity index is 1.47. The molecule has 8 nitrogen and oxygen atoms in total. The number of para-hydroxylation sites is 1. The van der Waals surface area contributed by atoms with Crippen molar-refractivity contribution in [1.82, 2.24) is 24.8 Å². The molecule has 2 aliphatic rings. The van der Waals surface area contributed by atoms with Crippen molar-refractivity contribution in [3.05, 3.63) is 36.3 Å². The lowest BCUT2D eigenvalue weighted by Crippen LogP contribution is -2.36. The Morgan fingerprint density at radius 1 is 1.00 bits per heavy atom. The van der Waals surface area contributed by atoms with E-state index in [1.165, 1.54) is 25.3 Å². The molecule has 34 heavy (non-hydrogen) atoms. The van der Waals surface area contributed by atoms with Gasteiger partial charge in [-0.15, -0.1) is 0 Å². The van der Waals surface area contributed by atoms with Crippen LogP contribution in [0.1, 0.15) is 70.8 Å². The molecule has 180 valence electrons. The molecule has 0 bridgehead atoms. The zero-order valence-corrected chi connectivity index (χ0v) is 19.6. The SMILES string of the molecule is CC(=O)NC1CCC(n2c(Nc3ccccc3F)nc3cnc(NC4CCCCC4)nc32)CC1. The number of hydrogen-bond acceptors (Lipinski definition) is 6. The number of nitrogens with zero attached hydrogens (tertiary/aromatic N) is 4. The van der Waals surface area contributed by atoms with E-state index in [2.05, 4.69) is 25.5 Å². The van der Waals surface area contributed by atoms with Crippen LogP contribution in [-0.4, -0.2) is 37.5 Å². The molecule has 0 radical (unpaired) electrons. The molecule has 9 heteroatoms. The Bertz CT molecular complexity index is 1150. The molecule has 3 N–H and O–H groups in total. The molecule has 2 aromatic heterocycles. The minimum atomic E-state index is -0.332. The van der Waals surface area contributed by atoms with Crippen molar-refractivity contribution in [1.29, 1.82) is 0 Å². The van der Waals surface area contributed by atoms with Gasteiger partial charge in [0.05, 0.1) is 11.9 Å². The van der Waals surface area contributed by atoms with Gasteiger partial charge in [0.1, 0.15) is 11.3 Å². The van der Waals surface area contributed by atoms with Crippen molar-refractivity contribution in [2.75, 3.05) is 10.6 Å². The van der Waals surface area contributed by atoms with Gasteiger partial charge in [-0.25, -0.2) is 14.4 Å². The van der Waals surface area contributed by atoms with Crippen LogP contribution in [0.15, 0.2) is 30.5 Å². The maximum absolute atomic E-state index is 14.4. The zero-order chi connectivity index (χ0) is 23.5. The Hall–Kier alpha value is -3.23. The fourth-order valence-electron chi connectivity index (χ4n) is 5.27. The fraction of sp³-hybridized carbons (Fsp3) is 0.520. The number of halogens is 1. The highest BCUT2D eigenvalue weighted by Crippen LogP contribution is 2.35. The van der Waals surface area contributed by atoms with E-state index in [4.69, 9.17) is 9.97 Å². The van der Waals surface area contributed by atoms with Crippen LogP contribution in [0.2, 0.25) is 0 Å². The topological polar surface area (TPSA) is 96.8 Å². The molecular formula is C25H32FN7O. The predicted molar refractivity (Wildman–Crippen MR) is 131 cm³/mol. The second-order valence-electron chi connectivity index (χ2n) is 9.50. The van der Waals surface area contributed by atoms with Crippen LogP contribution in [0.3, 0.4) is 0 Å². The van der Waals surface area contributed by atoms with Crippen LogP contribution >= 0.6 is 0 Å². The molecule has 0 saturated heterocycles. The molecule has 2 aliphatic carbocycles. The number of rotatable bonds is 6. The van der Waals surface area contributed by atoms with Crippen LogP contribution in [0.4, 0.5) is 22.0 Å². The van der Waals surface area contributed by atoms with Crippen LogP contribution in [0.25, 0.3) is 11.2 Å². The average Bonchev–Trinajstić information content (AvgIpc) is 3.18. The number of aromatic nitrogens is 4. The third kappa shape index (κ3) is 4.98. The maximum Gasteiger partial charge on any atom is 0.224 e. The van der Waals surface area contributed by atoms with E-state index in [1.54, 1.807) is 31.3 Å². The number of carbonyl (C=O) groups excluding carboxylic acids is 1. The lowest BCUT2D eigenvalue weighted by atomic mass is 9.91. The number of amides is 1. The fourth-order valence-corrected chi connectivity index (χ4v) is 5.27. The summed E-state index contributed by atoms with van der Waals surface area (Å²) in [5.74, 6) is 0.850. The molecule has 0 unspecified atom stereocenters. The summed E-state index contributed by atoms with van der Waals surface area (Å²) in [5.41, 5.74) is 1.80. The monoisotopic (exact) mass is 465 g/mol. The highest BCUT2D eigenvalue weighted by molar-refractivity contribution is 5.77. The standard InChI is InChI=1S/C25H32FN7O/c1-16(34)28-18-11-13-19(14-12-18)33-23-22(31-25(33)30-21-10-6-5-9-20(21)26)15-27-24(32-23)29-17-7-3-2-4-8-17/h5-6,9-10,15,17-19H,2-4,7-8,11-14H2,1H3,(H,28,34)(H,30,31)(H,27,29,32). The molecule has 1 aromatic carbocycles. The van der Waals surface area contributed by atoms with Gasteiger partial charge in [0.2, 0.25) is 17.8 Å². The van der Waals surface area contributed by atoms with E-state index in [1.807, 2.05) is 0 Å². The van der Waals surface area contributed by atoms with Gasteiger partial charge in [0, 0.05) is 25.0 Å². The first-order valence-corrected chi connectivity index (χ1v) is 12.4. The lowest BCUT2D eigenvalue weighted by Gasteiger charge is -2.30. The first-order valence-electron chi connectivity index (χ1n) is 12.4. The molecule has 5 rings (SSSR count). The summed E-state index contributed by atoms with van der Waals surface area (Å²) in [6.45, 7) is 1.56. The molecule has 0 aliphatic heterocycles. The Labute approximate surface area is 198 Å². The summed E-state index contributed by atoms with van der Waals surface area (Å²) in [6.07, 6.45) is 11.3. The van der Waals surface area contributed by atoms with Gasteiger partial charge < -0.3 is 16.0 Å². The molecule has 2 fully saturated rings. The summed E-state index contributed by atoms with van der Waals surface area (Å²) >= 11 is 0. The van der Waals surface area contributed by atoms with E-state index in [-0.39, 0.29) is 23.8 Å². The van der Waals surface area contributed by atoms with Crippen molar-refractivity contribution in [3.63, 3.8) is 0 Å². The minimum Gasteiger partial charge on any atom is -0.354 e. The van der Waals surface area contributed by atoms with Crippen molar-refractivity contribution in [2.45, 2.75) is 82.8 Å². The van der Waals surface area contributed by atoms with Crippen LogP contribution in [-0.2, 0) is 4.79 Å². The summed E-state index contributed by atoms with van der Waals surface area (Å²) in [4.78, 5) is 25.6. The average molecular weight is 466 g/mol. The van der Waals surface area contributed by atoms with Crippen molar-refractivity contribution in [3.8, 4) is 0 Å². The second-order valence-corrected chi connectivity index (χ2v) is 9.50. The van der Waals surface area contributed by atoms with Gasteiger partial charge in [-0.2, -0.15) is 4.98 Å². The van der Waals surface area contributed by atoms with Gasteiger partial charge >= 0.3 is 0 Å². The summed E-state index contributed by atoms with van der Waals surface area (Å²) in [7, 11) is 0. The molecule has 3 aromatic rings. The molecule has 2 saturated carbocycles. The smallest absolute Gasteiger partial charge is 0.224 e. The molecule has 0 atom stereocenters. The lowest BCUT2D eigenvalue weighted by molar-refractivity contribution is -0.119. The first kappa shape index (κ1) is 22.6. The quantitative estimate of drug-likeness (QED) is 0.470. The van der Waals surface area contributed by atoms with E-state index < -0.39 is 0 Å². The summed E-state index contributed by atoms with van der Waals surface area (Å²) in [5, 5.41) is 9.74. The maximum atomic E-state index is 14.4. The van der Waals surface area contributed by atoms with Crippen molar-refractivity contribution < 1.29 is 9.18 Å². The number of fused-ring (bicyclic) bond motifs is 1. The summed E-state index contributed by atoms with van der Waals surface area (Å²) in [6, 6.07) is 7.32. The van der Waals surface area contributed by atoms with Gasteiger partial charge in [0.25, 0.3) is 0 Å². The molecule has 1 amide bonds. The third-order valence-electron chi connectivity index (χ3n) is 6.96. The van der Waals surface area contributed by atoms with Crippen molar-refractivity contribution >= 4 is 34.7 Å². The minimum absolute atomic E-state index is 0.00427. The summed E-state index contributed by atoms with van der Waals surface area (Å²) < 4.78 is 16.5. The number of anilines is 3. The van der Waals surface area contributed by atoms with Gasteiger partial charge in [-0.1, -0.05) is 31.4 Å². The number of benzene rings is 1. The first-order chi connectivity index (χ1) is 16.6. The normalized spacial score (nSPS) is 21.4. The highest BCUT2D eigenvalue weighted by Gasteiger charge is 2.28. The highest BCUT2D eigenvalue weighted by atomic mass is 19.1. The zero-order valence-electron chi connectivity index (χ0n) is 19.6. The second kappa shape index (κ2) is 9.95. The molecule has 0 spiro atoms. The van der Waals surface area contributed by atoms with E-state index in [9.17, 15) is 9.18 Å². The predicted octanol–water partition coefficient (Wildman–Crippen LogP) is 5.07. The van der Waals surface area contributed by atoms with E-state index in [0.717, 1.165) is 44.2 Å². The van der Waals surface area contributed by atoms with E-state index in [0.29, 0.717) is 29.1 Å². The number of carbonyl (C=O) groups is 1. The van der Waals surface area contributed by atoms with Crippen LogP contribution in [0.5, 0.6) is 0 Å². The third-order valence-corrected chi connectivity index (χ3v) is 6.96. The Kier molecular flexibility index (Phi) is 6.60. The Morgan fingerprint density at radius 2 is 1.76 bits per heavy atom. The number of nitrogens with one attached hydrogen (secondary N) is 3. The van der Waals surface area contributed by atoms with Gasteiger partial charge in [-0.05, 0) is 50.7 Å². The molecule has 2 heterocycles. The number of imidazole rings is 1. The van der Waals surface area contributed by atoms with Crippen LogP contribution < -0.4 is 16.0 Å². The van der Waals surface area contributed by atoms with Crippen LogP contribution in [0, 0.1) is 5.82 Å². The Morgan fingerprint density at radius 3 is 2.50 bits per heavy atom.